The van der Waals surface area contributed by atoms with Gasteiger partial charge in [0, 0.05) is 24.0 Å². The fourth-order valence-corrected chi connectivity index (χ4v) is 4.05. The van der Waals surface area contributed by atoms with Gasteiger partial charge in [-0.15, -0.1) is 0 Å². The van der Waals surface area contributed by atoms with Crippen LogP contribution < -0.4 is 10.1 Å². The standard InChI is InChI=1S/C33H42N2O7/c1-22-26(34-29(40-22)24-12-9-8-10-13-24)20-21-39-25-18-16-23(17-19-25)28(36)15-11-14-27(30(37)41-32(2,3)4)35-31(38)42-33(5,6)7/h8-10,12-13,16-19,27H,11,14-15,20-21H2,1-7H3,(H,35,38)/t27-/m1/s1. The third-order valence-electron chi connectivity index (χ3n) is 5.98. The van der Waals surface area contributed by atoms with E-state index < -0.39 is 29.3 Å². The van der Waals surface area contributed by atoms with Crippen molar-refractivity contribution in [3.05, 3.63) is 71.6 Å². The number of aromatic nitrogens is 1. The number of rotatable bonds is 12. The Hall–Kier alpha value is -4.14. The number of aryl methyl sites for hydroxylation is 1. The number of ketones is 1. The van der Waals surface area contributed by atoms with Crippen molar-refractivity contribution >= 4 is 17.8 Å². The van der Waals surface area contributed by atoms with E-state index in [1.165, 1.54) is 0 Å². The normalized spacial score (nSPS) is 12.4. The van der Waals surface area contributed by atoms with Crippen molar-refractivity contribution in [1.82, 2.24) is 10.3 Å². The van der Waals surface area contributed by atoms with Gasteiger partial charge in [-0.3, -0.25) is 4.79 Å². The fraction of sp³-hybridized carbons (Fsp3) is 0.455. The van der Waals surface area contributed by atoms with Gasteiger partial charge in [0.15, 0.2) is 5.78 Å². The van der Waals surface area contributed by atoms with E-state index in [1.54, 1.807) is 65.8 Å². The lowest BCUT2D eigenvalue weighted by atomic mass is 10.0. The number of amides is 1. The molecule has 0 saturated heterocycles. The second kappa shape index (κ2) is 14.2. The summed E-state index contributed by atoms with van der Waals surface area (Å²) in [5, 5.41) is 2.59. The van der Waals surface area contributed by atoms with E-state index in [4.69, 9.17) is 18.6 Å². The molecule has 0 bridgehead atoms. The monoisotopic (exact) mass is 578 g/mol. The number of nitrogens with one attached hydrogen (secondary N) is 1. The molecule has 1 N–H and O–H groups in total. The van der Waals surface area contributed by atoms with Gasteiger partial charge in [0.25, 0.3) is 0 Å². The number of hydrogen-bond donors (Lipinski definition) is 1. The summed E-state index contributed by atoms with van der Waals surface area (Å²) >= 11 is 0. The molecular formula is C33H42N2O7. The van der Waals surface area contributed by atoms with E-state index in [0.717, 1.165) is 17.0 Å². The zero-order valence-corrected chi connectivity index (χ0v) is 25.6. The van der Waals surface area contributed by atoms with Crippen LogP contribution in [0.5, 0.6) is 5.75 Å². The molecular weight excluding hydrogens is 536 g/mol. The van der Waals surface area contributed by atoms with Crippen LogP contribution in [0.4, 0.5) is 4.79 Å². The molecule has 9 heteroatoms. The summed E-state index contributed by atoms with van der Waals surface area (Å²) < 4.78 is 22.4. The number of carbonyl (C=O) groups is 3. The lowest BCUT2D eigenvalue weighted by molar-refractivity contribution is -0.157. The number of ether oxygens (including phenoxy) is 3. The van der Waals surface area contributed by atoms with Gasteiger partial charge in [-0.25, -0.2) is 14.6 Å². The average Bonchev–Trinajstić information content (AvgIpc) is 3.27. The molecule has 3 aromatic rings. The summed E-state index contributed by atoms with van der Waals surface area (Å²) in [7, 11) is 0. The van der Waals surface area contributed by atoms with E-state index in [0.29, 0.717) is 36.7 Å². The first-order chi connectivity index (χ1) is 19.7. The first-order valence-corrected chi connectivity index (χ1v) is 14.2. The van der Waals surface area contributed by atoms with E-state index in [1.807, 2.05) is 37.3 Å². The van der Waals surface area contributed by atoms with Crippen LogP contribution >= 0.6 is 0 Å². The van der Waals surface area contributed by atoms with Crippen LogP contribution in [0.1, 0.15) is 82.6 Å². The highest BCUT2D eigenvalue weighted by atomic mass is 16.6. The molecule has 42 heavy (non-hydrogen) atoms. The van der Waals surface area contributed by atoms with E-state index in [2.05, 4.69) is 10.3 Å². The highest BCUT2D eigenvalue weighted by Crippen LogP contribution is 2.22. The van der Waals surface area contributed by atoms with Crippen molar-refractivity contribution in [3.63, 3.8) is 0 Å². The summed E-state index contributed by atoms with van der Waals surface area (Å²) in [6.07, 6.45) is 0.674. The number of esters is 1. The molecule has 0 unspecified atom stereocenters. The molecule has 0 saturated carbocycles. The van der Waals surface area contributed by atoms with Gasteiger partial charge in [0.05, 0.1) is 12.3 Å². The van der Waals surface area contributed by atoms with Crippen molar-refractivity contribution in [2.24, 2.45) is 0 Å². The topological polar surface area (TPSA) is 117 Å². The Morgan fingerprint density at radius 1 is 0.905 bits per heavy atom. The number of nitrogens with zero attached hydrogens (tertiary/aromatic N) is 1. The van der Waals surface area contributed by atoms with Crippen molar-refractivity contribution in [2.75, 3.05) is 6.61 Å². The second-order valence-corrected chi connectivity index (χ2v) is 12.1. The second-order valence-electron chi connectivity index (χ2n) is 12.1. The molecule has 0 aliphatic heterocycles. The molecule has 9 nitrogen and oxygen atoms in total. The summed E-state index contributed by atoms with van der Waals surface area (Å²) in [6.45, 7) is 12.8. The van der Waals surface area contributed by atoms with Gasteiger partial charge in [0.1, 0.15) is 28.8 Å². The quantitative estimate of drug-likeness (QED) is 0.183. The molecule has 3 rings (SSSR count). The van der Waals surface area contributed by atoms with E-state index in [-0.39, 0.29) is 18.6 Å². The maximum atomic E-state index is 12.8. The van der Waals surface area contributed by atoms with Crippen molar-refractivity contribution in [3.8, 4) is 17.2 Å². The van der Waals surface area contributed by atoms with Gasteiger partial charge >= 0.3 is 12.1 Å². The minimum Gasteiger partial charge on any atom is -0.493 e. The third-order valence-corrected chi connectivity index (χ3v) is 5.98. The Labute approximate surface area is 248 Å². The van der Waals surface area contributed by atoms with E-state index in [9.17, 15) is 14.4 Å². The molecule has 226 valence electrons. The Bertz CT molecular complexity index is 1330. The first-order valence-electron chi connectivity index (χ1n) is 14.2. The molecule has 1 heterocycles. The number of alkyl carbamates (subject to hydrolysis) is 1. The molecule has 1 aromatic heterocycles. The smallest absolute Gasteiger partial charge is 0.408 e. The van der Waals surface area contributed by atoms with Crippen molar-refractivity contribution < 1.29 is 33.0 Å². The average molecular weight is 579 g/mol. The third kappa shape index (κ3) is 10.7. The summed E-state index contributed by atoms with van der Waals surface area (Å²) in [5.41, 5.74) is 0.870. The lowest BCUT2D eigenvalue weighted by Crippen LogP contribution is -2.46. The highest BCUT2D eigenvalue weighted by Gasteiger charge is 2.28. The van der Waals surface area contributed by atoms with Crippen LogP contribution in [-0.4, -0.2) is 46.7 Å². The Balaban J connectivity index is 1.49. The lowest BCUT2D eigenvalue weighted by Gasteiger charge is -2.26. The minimum absolute atomic E-state index is 0.0755. The van der Waals surface area contributed by atoms with Crippen LogP contribution in [0, 0.1) is 6.92 Å². The maximum absolute atomic E-state index is 12.8. The summed E-state index contributed by atoms with van der Waals surface area (Å²) in [6, 6.07) is 15.8. The van der Waals surface area contributed by atoms with Crippen LogP contribution in [-0.2, 0) is 20.7 Å². The largest absolute Gasteiger partial charge is 0.493 e. The van der Waals surface area contributed by atoms with Crippen LogP contribution in [0.2, 0.25) is 0 Å². The molecule has 1 atom stereocenters. The van der Waals surface area contributed by atoms with Gasteiger partial charge < -0.3 is 23.9 Å². The van der Waals surface area contributed by atoms with Crippen LogP contribution in [0.3, 0.4) is 0 Å². The van der Waals surface area contributed by atoms with Gasteiger partial charge in [0.2, 0.25) is 5.89 Å². The number of hydrogen-bond acceptors (Lipinski definition) is 8. The van der Waals surface area contributed by atoms with Gasteiger partial charge in [-0.2, -0.15) is 0 Å². The Kier molecular flexibility index (Phi) is 10.9. The van der Waals surface area contributed by atoms with Crippen molar-refractivity contribution in [1.29, 1.82) is 0 Å². The van der Waals surface area contributed by atoms with Gasteiger partial charge in [-0.05, 0) is 97.7 Å². The number of Topliss-reactive ketones (excluding diaryl/α,β-unsaturated/α-hetero) is 1. The maximum Gasteiger partial charge on any atom is 0.408 e. The predicted molar refractivity (Wildman–Crippen MR) is 160 cm³/mol. The molecule has 0 aliphatic carbocycles. The molecule has 0 radical (unpaired) electrons. The number of oxazole rings is 1. The highest BCUT2D eigenvalue weighted by molar-refractivity contribution is 5.96. The van der Waals surface area contributed by atoms with Gasteiger partial charge in [-0.1, -0.05) is 18.2 Å². The van der Waals surface area contributed by atoms with E-state index >= 15 is 0 Å². The molecule has 1 amide bonds. The molecule has 0 spiro atoms. The van der Waals surface area contributed by atoms with Crippen molar-refractivity contribution in [2.45, 2.75) is 91.4 Å². The zero-order chi connectivity index (χ0) is 30.9. The molecule has 0 aliphatic rings. The first kappa shape index (κ1) is 32.4. The number of carbonyl (C=O) groups excluding carboxylic acids is 3. The Morgan fingerprint density at radius 2 is 1.55 bits per heavy atom. The fourth-order valence-electron chi connectivity index (χ4n) is 4.05. The summed E-state index contributed by atoms with van der Waals surface area (Å²) in [4.78, 5) is 42.4. The SMILES string of the molecule is Cc1oc(-c2ccccc2)nc1CCOc1ccc(C(=O)CCC[C@@H](NC(=O)OC(C)(C)C)C(=O)OC(C)(C)C)cc1. The molecule has 2 aromatic carbocycles. The molecule has 0 fully saturated rings. The van der Waals surface area contributed by atoms with Crippen LogP contribution in [0.25, 0.3) is 11.5 Å². The Morgan fingerprint density at radius 3 is 2.17 bits per heavy atom. The number of benzene rings is 2. The van der Waals surface area contributed by atoms with Crippen LogP contribution in [0.15, 0.2) is 59.0 Å². The minimum atomic E-state index is -0.931. The summed E-state index contributed by atoms with van der Waals surface area (Å²) in [5.74, 6) is 1.34. The zero-order valence-electron chi connectivity index (χ0n) is 25.6. The predicted octanol–water partition coefficient (Wildman–Crippen LogP) is 6.86.